The summed E-state index contributed by atoms with van der Waals surface area (Å²) in [7, 11) is 0. The van der Waals surface area contributed by atoms with Crippen LogP contribution in [-0.2, 0) is 6.54 Å². The molecule has 0 aliphatic carbocycles. The topological polar surface area (TPSA) is 65.0 Å². The van der Waals surface area contributed by atoms with Crippen molar-refractivity contribution in [3.8, 4) is 11.4 Å². The Morgan fingerprint density at radius 1 is 1.44 bits per heavy atom. The van der Waals surface area contributed by atoms with Crippen molar-refractivity contribution < 1.29 is 5.11 Å². The molecular formula is C13H16N4O. The van der Waals surface area contributed by atoms with Crippen LogP contribution in [0.5, 0.6) is 0 Å². The number of nitrogens with one attached hydrogen (secondary N) is 1. The van der Waals surface area contributed by atoms with Gasteiger partial charge >= 0.3 is 0 Å². The van der Waals surface area contributed by atoms with Crippen molar-refractivity contribution in [2.75, 3.05) is 13.1 Å². The lowest BCUT2D eigenvalue weighted by Crippen LogP contribution is -2.21. The van der Waals surface area contributed by atoms with Crippen LogP contribution in [0.3, 0.4) is 0 Å². The minimum atomic E-state index is -0.164. The molecular weight excluding hydrogens is 228 g/mol. The van der Waals surface area contributed by atoms with Crippen LogP contribution in [0.25, 0.3) is 11.4 Å². The van der Waals surface area contributed by atoms with E-state index >= 15 is 0 Å². The van der Waals surface area contributed by atoms with Gasteiger partial charge in [-0.15, -0.1) is 0 Å². The number of aliphatic hydroxyl groups is 1. The fourth-order valence-electron chi connectivity index (χ4n) is 2.38. The standard InChI is InChI=1S/C13H16N4O/c18-12-4-5-17(8-12)7-10-2-1-3-11(6-10)13-14-9-15-16-13/h1-3,6,9,12,18H,4-5,7-8H2,(H,14,15,16)/t12-/m0/s1. The molecule has 0 unspecified atom stereocenters. The van der Waals surface area contributed by atoms with E-state index in [2.05, 4.69) is 32.2 Å². The second kappa shape index (κ2) is 4.88. The monoisotopic (exact) mass is 244 g/mol. The maximum Gasteiger partial charge on any atom is 0.155 e. The van der Waals surface area contributed by atoms with E-state index < -0.39 is 0 Å². The average Bonchev–Trinajstić information content (AvgIpc) is 3.01. The third-order valence-electron chi connectivity index (χ3n) is 3.27. The van der Waals surface area contributed by atoms with Crippen molar-refractivity contribution in [1.82, 2.24) is 20.1 Å². The van der Waals surface area contributed by atoms with Gasteiger partial charge in [-0.3, -0.25) is 10.00 Å². The highest BCUT2D eigenvalue weighted by atomic mass is 16.3. The van der Waals surface area contributed by atoms with Gasteiger partial charge in [-0.05, 0) is 18.1 Å². The maximum atomic E-state index is 9.52. The summed E-state index contributed by atoms with van der Waals surface area (Å²) in [5.41, 5.74) is 2.28. The Kier molecular flexibility index (Phi) is 3.08. The van der Waals surface area contributed by atoms with Gasteiger partial charge in [0.25, 0.3) is 0 Å². The number of benzene rings is 1. The summed E-state index contributed by atoms with van der Waals surface area (Å²) in [4.78, 5) is 6.42. The van der Waals surface area contributed by atoms with Crippen LogP contribution < -0.4 is 0 Å². The molecule has 0 amide bonds. The second-order valence-corrected chi connectivity index (χ2v) is 4.71. The molecule has 0 saturated carbocycles. The first-order valence-corrected chi connectivity index (χ1v) is 6.16. The fourth-order valence-corrected chi connectivity index (χ4v) is 2.38. The SMILES string of the molecule is O[C@H]1CCN(Cc2cccc(-c3ncn[nH]3)c2)C1. The summed E-state index contributed by atoms with van der Waals surface area (Å²) in [5.74, 6) is 0.790. The highest BCUT2D eigenvalue weighted by Gasteiger charge is 2.19. The zero-order valence-electron chi connectivity index (χ0n) is 10.1. The van der Waals surface area contributed by atoms with E-state index in [1.165, 1.54) is 11.9 Å². The number of nitrogens with zero attached hydrogens (tertiary/aromatic N) is 3. The first-order chi connectivity index (χ1) is 8.81. The van der Waals surface area contributed by atoms with E-state index in [0.717, 1.165) is 37.4 Å². The molecule has 5 heteroatoms. The number of β-amino-alcohol motifs (C(OH)–C–C–N with tert-alkyl or cyclic N) is 1. The Labute approximate surface area is 105 Å². The Bertz CT molecular complexity index is 511. The number of hydrogen-bond donors (Lipinski definition) is 2. The average molecular weight is 244 g/mol. The van der Waals surface area contributed by atoms with Gasteiger partial charge in [-0.1, -0.05) is 18.2 Å². The highest BCUT2D eigenvalue weighted by molar-refractivity contribution is 5.55. The molecule has 1 aliphatic heterocycles. The molecule has 5 nitrogen and oxygen atoms in total. The molecule has 0 bridgehead atoms. The number of hydrogen-bond acceptors (Lipinski definition) is 4. The van der Waals surface area contributed by atoms with Crippen LogP contribution in [0.4, 0.5) is 0 Å². The normalized spacial score (nSPS) is 20.4. The molecule has 2 N–H and O–H groups in total. The minimum Gasteiger partial charge on any atom is -0.392 e. The number of likely N-dealkylation sites (tertiary alicyclic amines) is 1. The Morgan fingerprint density at radius 3 is 3.11 bits per heavy atom. The molecule has 3 rings (SSSR count). The third kappa shape index (κ3) is 2.42. The Balaban J connectivity index is 1.75. The van der Waals surface area contributed by atoms with Gasteiger partial charge in [0.15, 0.2) is 5.82 Å². The van der Waals surface area contributed by atoms with Crippen LogP contribution in [0.1, 0.15) is 12.0 Å². The summed E-state index contributed by atoms with van der Waals surface area (Å²) >= 11 is 0. The van der Waals surface area contributed by atoms with E-state index in [4.69, 9.17) is 0 Å². The van der Waals surface area contributed by atoms with Crippen LogP contribution in [0.2, 0.25) is 0 Å². The third-order valence-corrected chi connectivity index (χ3v) is 3.27. The van der Waals surface area contributed by atoms with Gasteiger partial charge in [-0.2, -0.15) is 5.10 Å². The predicted octanol–water partition coefficient (Wildman–Crippen LogP) is 1.04. The second-order valence-electron chi connectivity index (χ2n) is 4.71. The van der Waals surface area contributed by atoms with E-state index in [9.17, 15) is 5.11 Å². The zero-order chi connectivity index (χ0) is 12.4. The molecule has 0 spiro atoms. The first kappa shape index (κ1) is 11.4. The highest BCUT2D eigenvalue weighted by Crippen LogP contribution is 2.18. The van der Waals surface area contributed by atoms with Crippen molar-refractivity contribution in [3.63, 3.8) is 0 Å². The number of H-pyrrole nitrogens is 1. The molecule has 1 aliphatic rings. The smallest absolute Gasteiger partial charge is 0.155 e. The summed E-state index contributed by atoms with van der Waals surface area (Å²) in [6.45, 7) is 2.61. The lowest BCUT2D eigenvalue weighted by molar-refractivity contribution is 0.175. The van der Waals surface area contributed by atoms with E-state index in [1.54, 1.807) is 0 Å². The van der Waals surface area contributed by atoms with Crippen molar-refractivity contribution in [3.05, 3.63) is 36.2 Å². The van der Waals surface area contributed by atoms with E-state index in [0.29, 0.717) is 0 Å². The molecule has 1 aromatic heterocycles. The summed E-state index contributed by atoms with van der Waals surface area (Å²) in [6.07, 6.45) is 2.23. The molecule has 1 aromatic carbocycles. The quantitative estimate of drug-likeness (QED) is 0.846. The molecule has 1 fully saturated rings. The van der Waals surface area contributed by atoms with Crippen molar-refractivity contribution in [2.45, 2.75) is 19.1 Å². The number of aliphatic hydroxyl groups excluding tert-OH is 1. The largest absolute Gasteiger partial charge is 0.392 e. The molecule has 18 heavy (non-hydrogen) atoms. The van der Waals surface area contributed by atoms with Crippen molar-refractivity contribution in [1.29, 1.82) is 0 Å². The van der Waals surface area contributed by atoms with Crippen LogP contribution in [0.15, 0.2) is 30.6 Å². The Hall–Kier alpha value is -1.72. The molecule has 2 aromatic rings. The van der Waals surface area contributed by atoms with Gasteiger partial charge in [0.2, 0.25) is 0 Å². The van der Waals surface area contributed by atoms with Gasteiger partial charge in [0, 0.05) is 25.2 Å². The molecule has 0 radical (unpaired) electrons. The van der Waals surface area contributed by atoms with Crippen LogP contribution >= 0.6 is 0 Å². The maximum absolute atomic E-state index is 9.52. The number of rotatable bonds is 3. The van der Waals surface area contributed by atoms with E-state index in [-0.39, 0.29) is 6.10 Å². The fraction of sp³-hybridized carbons (Fsp3) is 0.385. The van der Waals surface area contributed by atoms with Crippen LogP contribution in [0, 0.1) is 0 Å². The van der Waals surface area contributed by atoms with Gasteiger partial charge in [0.1, 0.15) is 6.33 Å². The molecule has 1 saturated heterocycles. The lowest BCUT2D eigenvalue weighted by atomic mass is 10.1. The minimum absolute atomic E-state index is 0.164. The first-order valence-electron chi connectivity index (χ1n) is 6.16. The van der Waals surface area contributed by atoms with Gasteiger partial charge < -0.3 is 5.11 Å². The van der Waals surface area contributed by atoms with Crippen molar-refractivity contribution >= 4 is 0 Å². The molecule has 94 valence electrons. The molecule has 2 heterocycles. The summed E-state index contributed by atoms with van der Waals surface area (Å²) < 4.78 is 0. The lowest BCUT2D eigenvalue weighted by Gasteiger charge is -2.15. The number of aromatic nitrogens is 3. The van der Waals surface area contributed by atoms with Crippen molar-refractivity contribution in [2.24, 2.45) is 0 Å². The van der Waals surface area contributed by atoms with Gasteiger partial charge in [-0.25, -0.2) is 4.98 Å². The summed E-state index contributed by atoms with van der Waals surface area (Å²) in [6, 6.07) is 8.26. The van der Waals surface area contributed by atoms with Gasteiger partial charge in [0.05, 0.1) is 6.10 Å². The van der Waals surface area contributed by atoms with E-state index in [1.807, 2.05) is 12.1 Å². The van der Waals surface area contributed by atoms with Crippen LogP contribution in [-0.4, -0.2) is 44.4 Å². The summed E-state index contributed by atoms with van der Waals surface area (Å²) in [5, 5.41) is 16.2. The predicted molar refractivity (Wildman–Crippen MR) is 67.7 cm³/mol. The zero-order valence-corrected chi connectivity index (χ0v) is 10.1. The molecule has 1 atom stereocenters. The Morgan fingerprint density at radius 2 is 2.39 bits per heavy atom. The number of aromatic amines is 1.